The van der Waals surface area contributed by atoms with Gasteiger partial charge in [0.05, 0.1) is 16.2 Å². The zero-order chi connectivity index (χ0) is 43.4. The zero-order valence-electron chi connectivity index (χ0n) is 32.7. The third kappa shape index (κ3) is 14.0. The van der Waals surface area contributed by atoms with Crippen LogP contribution >= 0.6 is 0 Å². The number of nitrogens with zero attached hydrogens (tertiary/aromatic N) is 3. The quantitative estimate of drug-likeness (QED) is 0.0702. The molecule has 1 aromatic rings. The molecule has 18 nitrogen and oxygen atoms in total. The Morgan fingerprint density at radius 1 is 0.404 bits per heavy atom. The minimum absolute atomic E-state index is 0.0225. The van der Waals surface area contributed by atoms with Crippen LogP contribution in [0.5, 0.6) is 0 Å². The minimum atomic E-state index is -1.48. The summed E-state index contributed by atoms with van der Waals surface area (Å²) >= 11 is 0. The molecule has 1 heterocycles. The maximum Gasteiger partial charge on any atom is 0.336 e. The fraction of sp³-hybridized carbons (Fsp3) is 0.462. The molecule has 1 rings (SSSR count). The smallest absolute Gasteiger partial charge is 0.336 e. The molecule has 0 unspecified atom stereocenters. The highest BCUT2D eigenvalue weighted by Crippen LogP contribution is 2.29. The van der Waals surface area contributed by atoms with Crippen LogP contribution in [0.1, 0.15) is 40.0 Å². The molecule has 0 saturated carbocycles. The zero-order valence-corrected chi connectivity index (χ0v) is 32.7. The van der Waals surface area contributed by atoms with Crippen LogP contribution in [0.3, 0.4) is 0 Å². The Labute approximate surface area is 329 Å². The second kappa shape index (κ2) is 22.9. The number of rotatable bonds is 27. The molecule has 0 N–H and O–H groups in total. The molecule has 0 bridgehead atoms. The van der Waals surface area contributed by atoms with Gasteiger partial charge in [0.15, 0.2) is 0 Å². The summed E-state index contributed by atoms with van der Waals surface area (Å²) in [5, 5.41) is 0. The summed E-state index contributed by atoms with van der Waals surface area (Å²) in [7, 11) is 0. The van der Waals surface area contributed by atoms with Gasteiger partial charge in [-0.1, -0.05) is 60.2 Å². The predicted molar refractivity (Wildman–Crippen MR) is 204 cm³/mol. The van der Waals surface area contributed by atoms with Crippen molar-refractivity contribution in [3.05, 3.63) is 107 Å². The van der Waals surface area contributed by atoms with Crippen LogP contribution in [0.15, 0.2) is 90.3 Å². The Balaban J connectivity index is 4.39. The molecular formula is C39H51N3O15. The Bertz CT molecular complexity index is 1580. The van der Waals surface area contributed by atoms with Crippen LogP contribution in [-0.2, 0) is 76.8 Å². The second-order valence-corrected chi connectivity index (χ2v) is 13.0. The minimum Gasteiger partial charge on any atom is -0.462 e. The van der Waals surface area contributed by atoms with E-state index < -0.39 is 128 Å². The molecule has 312 valence electrons. The molecule has 0 saturated heterocycles. The Morgan fingerprint density at radius 3 is 0.684 bits per heavy atom. The summed E-state index contributed by atoms with van der Waals surface area (Å²) in [6.45, 7) is 20.1. The summed E-state index contributed by atoms with van der Waals surface area (Å²) in [5.74, 6) is -5.23. The Hall–Kier alpha value is -6.33. The summed E-state index contributed by atoms with van der Waals surface area (Å²) in [6, 6.07) is 0. The lowest BCUT2D eigenvalue weighted by Crippen LogP contribution is -2.60. The molecule has 0 aromatic carbocycles. The molecule has 0 atom stereocenters. The molecule has 57 heavy (non-hydrogen) atoms. The van der Waals surface area contributed by atoms with Crippen molar-refractivity contribution in [2.75, 3.05) is 39.6 Å². The van der Waals surface area contributed by atoms with Crippen molar-refractivity contribution in [2.24, 2.45) is 16.2 Å². The second-order valence-electron chi connectivity index (χ2n) is 13.0. The average Bonchev–Trinajstić information content (AvgIpc) is 3.23. The molecule has 0 radical (unpaired) electrons. The van der Waals surface area contributed by atoms with E-state index >= 15 is 0 Å². The summed E-state index contributed by atoms with van der Waals surface area (Å²) in [4.78, 5) is 117. The van der Waals surface area contributed by atoms with Crippen molar-refractivity contribution in [3.63, 3.8) is 0 Å². The summed E-state index contributed by atoms with van der Waals surface area (Å²) < 4.78 is 33.9. The maximum atomic E-state index is 14.5. The third-order valence-electron chi connectivity index (χ3n) is 9.24. The van der Waals surface area contributed by atoms with Crippen molar-refractivity contribution in [1.29, 1.82) is 0 Å². The Kier molecular flexibility index (Phi) is 19.6. The van der Waals surface area contributed by atoms with Crippen LogP contribution in [0.2, 0.25) is 0 Å². The molecule has 18 heteroatoms. The van der Waals surface area contributed by atoms with Crippen molar-refractivity contribution < 1.29 is 57.2 Å². The van der Waals surface area contributed by atoms with Gasteiger partial charge >= 0.3 is 52.9 Å². The number of hydrogen-bond donors (Lipinski definition) is 0. The van der Waals surface area contributed by atoms with E-state index in [0.29, 0.717) is 13.7 Å². The standard InChI is InChI=1S/C39H51N3O15/c1-10-28(43)52-22-37(16-7,23-53-29(44)11-2)19-40-34(49)41(20-38(17-8,24-54-30(45)12-3)25-55-31(46)13-4)36(51)42(35(40)50)21-39(18-9,26-56-32(47)14-5)27-57-33(48)15-6/h10-15H,1-6,16-27H2,7-9H3. The summed E-state index contributed by atoms with van der Waals surface area (Å²) in [5.41, 5.74) is -8.06. The molecule has 0 fully saturated rings. The van der Waals surface area contributed by atoms with Gasteiger partial charge in [-0.3, -0.25) is 0 Å². The molecule has 0 aliphatic heterocycles. The van der Waals surface area contributed by atoms with Gasteiger partial charge in [-0.05, 0) is 19.3 Å². The molecule has 0 amide bonds. The first-order chi connectivity index (χ1) is 26.9. The average molecular weight is 802 g/mol. The largest absolute Gasteiger partial charge is 0.462 e. The van der Waals surface area contributed by atoms with Crippen molar-refractivity contribution in [2.45, 2.75) is 59.7 Å². The monoisotopic (exact) mass is 801 g/mol. The highest BCUT2D eigenvalue weighted by Gasteiger charge is 2.40. The van der Waals surface area contributed by atoms with E-state index in [1.165, 1.54) is 0 Å². The van der Waals surface area contributed by atoms with E-state index in [4.69, 9.17) is 28.4 Å². The number of esters is 6. The van der Waals surface area contributed by atoms with Crippen LogP contribution in [0.25, 0.3) is 0 Å². The summed E-state index contributed by atoms with van der Waals surface area (Å²) in [6.07, 6.45) is 5.32. The van der Waals surface area contributed by atoms with Crippen LogP contribution < -0.4 is 17.1 Å². The van der Waals surface area contributed by atoms with Crippen molar-refractivity contribution in [1.82, 2.24) is 13.7 Å². The van der Waals surface area contributed by atoms with E-state index in [2.05, 4.69) is 39.5 Å². The van der Waals surface area contributed by atoms with Gasteiger partial charge in [0, 0.05) is 56.1 Å². The number of carbonyl (C=O) groups excluding carboxylic acids is 6. The Morgan fingerprint density at radius 2 is 0.561 bits per heavy atom. The fourth-order valence-electron chi connectivity index (χ4n) is 5.14. The maximum absolute atomic E-state index is 14.5. The first kappa shape index (κ1) is 48.7. The van der Waals surface area contributed by atoms with Crippen LogP contribution in [0, 0.1) is 16.2 Å². The number of carbonyl (C=O) groups is 6. The highest BCUT2D eigenvalue weighted by atomic mass is 16.6. The number of aromatic nitrogens is 3. The highest BCUT2D eigenvalue weighted by molar-refractivity contribution is 5.83. The SMILES string of the molecule is C=CC(=O)OCC(CC)(COC(=O)C=C)Cn1c(=O)n(CC(CC)(COC(=O)C=C)COC(=O)C=C)c(=O)n(CC(CC)(COC(=O)C=C)COC(=O)C=C)c1=O. The van der Waals surface area contributed by atoms with Crippen LogP contribution in [0.4, 0.5) is 0 Å². The predicted octanol–water partition coefficient (Wildman–Crippen LogP) is 1.74. The van der Waals surface area contributed by atoms with E-state index in [1.54, 1.807) is 20.8 Å². The lowest BCUT2D eigenvalue weighted by Gasteiger charge is -2.35. The lowest BCUT2D eigenvalue weighted by molar-refractivity contribution is -0.150. The van der Waals surface area contributed by atoms with Gasteiger partial charge in [0.2, 0.25) is 0 Å². The topological polar surface area (TPSA) is 224 Å². The third-order valence-corrected chi connectivity index (χ3v) is 9.24. The van der Waals surface area contributed by atoms with E-state index in [1.807, 2.05) is 0 Å². The van der Waals surface area contributed by atoms with Gasteiger partial charge in [-0.2, -0.15) is 0 Å². The number of ether oxygens (including phenoxy) is 6. The van der Waals surface area contributed by atoms with E-state index in [9.17, 15) is 43.2 Å². The van der Waals surface area contributed by atoms with Crippen molar-refractivity contribution in [3.8, 4) is 0 Å². The molecule has 0 aliphatic carbocycles. The normalized spacial score (nSPS) is 11.2. The van der Waals surface area contributed by atoms with E-state index in [-0.39, 0.29) is 19.3 Å². The van der Waals surface area contributed by atoms with Crippen LogP contribution in [-0.4, -0.2) is 89.2 Å². The van der Waals surface area contributed by atoms with E-state index in [0.717, 1.165) is 36.5 Å². The molecule has 0 aliphatic rings. The fourth-order valence-corrected chi connectivity index (χ4v) is 5.14. The van der Waals surface area contributed by atoms with Gasteiger partial charge in [0.1, 0.15) is 39.6 Å². The van der Waals surface area contributed by atoms with Crippen molar-refractivity contribution >= 4 is 35.8 Å². The van der Waals surface area contributed by atoms with Gasteiger partial charge < -0.3 is 28.4 Å². The molecular weight excluding hydrogens is 750 g/mol. The van der Waals surface area contributed by atoms with Gasteiger partial charge in [-0.15, -0.1) is 0 Å². The first-order valence-corrected chi connectivity index (χ1v) is 17.6. The van der Waals surface area contributed by atoms with Gasteiger partial charge in [0.25, 0.3) is 0 Å². The number of hydrogen-bond acceptors (Lipinski definition) is 15. The first-order valence-electron chi connectivity index (χ1n) is 17.6. The molecule has 1 aromatic heterocycles. The molecule has 0 spiro atoms. The van der Waals surface area contributed by atoms with Gasteiger partial charge in [-0.25, -0.2) is 56.9 Å². The lowest BCUT2D eigenvalue weighted by atomic mass is 9.86.